The van der Waals surface area contributed by atoms with Crippen LogP contribution in [0, 0.1) is 0 Å². The number of carbonyl (C=O) groups is 1. The van der Waals surface area contributed by atoms with Crippen molar-refractivity contribution in [3.63, 3.8) is 0 Å². The molecule has 144 valence electrons. The van der Waals surface area contributed by atoms with E-state index in [1.165, 1.54) is 6.42 Å². The summed E-state index contributed by atoms with van der Waals surface area (Å²) in [7, 11) is 0. The molecule has 1 aromatic carbocycles. The molecule has 2 aromatic rings. The Balaban J connectivity index is 1.37. The quantitative estimate of drug-likeness (QED) is 0.830. The van der Waals surface area contributed by atoms with E-state index in [2.05, 4.69) is 22.1 Å². The topological polar surface area (TPSA) is 76.5 Å². The average Bonchev–Trinajstić information content (AvgIpc) is 3.34. The summed E-state index contributed by atoms with van der Waals surface area (Å²) in [5, 5.41) is 3.50. The van der Waals surface area contributed by atoms with Crippen molar-refractivity contribution >= 4 is 16.8 Å². The highest BCUT2D eigenvalue weighted by molar-refractivity contribution is 5.80. The monoisotopic (exact) mass is 370 g/mol. The van der Waals surface area contributed by atoms with Gasteiger partial charge in [0.2, 0.25) is 0 Å². The Hall–Kier alpha value is -2.41. The predicted molar refractivity (Wildman–Crippen MR) is 103 cm³/mol. The highest BCUT2D eigenvalue weighted by atomic mass is 16.5. The van der Waals surface area contributed by atoms with Gasteiger partial charge in [-0.2, -0.15) is 0 Å². The number of aryl methyl sites for hydroxylation is 1. The first kappa shape index (κ1) is 18.0. The Morgan fingerprint density at radius 1 is 1.33 bits per heavy atom. The molecule has 3 heterocycles. The van der Waals surface area contributed by atoms with E-state index >= 15 is 0 Å². The Bertz CT molecular complexity index is 908. The molecule has 0 aliphatic carbocycles. The largest absolute Gasteiger partial charge is 0.484 e. The summed E-state index contributed by atoms with van der Waals surface area (Å²) in [6.45, 7) is 5.60. The van der Waals surface area contributed by atoms with E-state index in [1.807, 2.05) is 0 Å². The fourth-order valence-corrected chi connectivity index (χ4v) is 4.13. The molecular formula is C20H26N4O3. The summed E-state index contributed by atoms with van der Waals surface area (Å²) in [6, 6.07) is 5.68. The van der Waals surface area contributed by atoms with E-state index in [1.54, 1.807) is 22.8 Å². The zero-order valence-electron chi connectivity index (χ0n) is 15.7. The van der Waals surface area contributed by atoms with E-state index in [0.29, 0.717) is 29.2 Å². The molecule has 0 saturated carbocycles. The summed E-state index contributed by atoms with van der Waals surface area (Å²) < 4.78 is 7.35. The van der Waals surface area contributed by atoms with Gasteiger partial charge >= 0.3 is 0 Å². The molecule has 1 unspecified atom stereocenters. The first-order valence-electron chi connectivity index (χ1n) is 9.82. The molecule has 1 aromatic heterocycles. The van der Waals surface area contributed by atoms with Crippen LogP contribution in [-0.2, 0) is 17.8 Å². The predicted octanol–water partition coefficient (Wildman–Crippen LogP) is 1.32. The van der Waals surface area contributed by atoms with Crippen molar-refractivity contribution in [3.05, 3.63) is 34.4 Å². The van der Waals surface area contributed by atoms with Crippen LogP contribution in [0.25, 0.3) is 10.9 Å². The summed E-state index contributed by atoms with van der Waals surface area (Å²) in [5.41, 5.74) is 0.661. The second kappa shape index (κ2) is 7.68. The van der Waals surface area contributed by atoms with Gasteiger partial charge in [-0.15, -0.1) is 0 Å². The third-order valence-corrected chi connectivity index (χ3v) is 5.60. The molecule has 0 spiro atoms. The lowest BCUT2D eigenvalue weighted by molar-refractivity contribution is -0.123. The van der Waals surface area contributed by atoms with Gasteiger partial charge in [-0.05, 0) is 50.6 Å². The Morgan fingerprint density at radius 3 is 3.07 bits per heavy atom. The van der Waals surface area contributed by atoms with Gasteiger partial charge in [0.05, 0.1) is 10.9 Å². The normalized spacial score (nSPS) is 19.4. The minimum Gasteiger partial charge on any atom is -0.484 e. The summed E-state index contributed by atoms with van der Waals surface area (Å²) in [5.74, 6) is 1.24. The van der Waals surface area contributed by atoms with E-state index in [0.717, 1.165) is 44.7 Å². The van der Waals surface area contributed by atoms with Gasteiger partial charge in [0.15, 0.2) is 6.61 Å². The van der Waals surface area contributed by atoms with Crippen molar-refractivity contribution in [2.45, 2.75) is 45.2 Å². The number of benzene rings is 1. The fourth-order valence-electron chi connectivity index (χ4n) is 4.13. The first-order valence-corrected chi connectivity index (χ1v) is 9.82. The molecule has 1 atom stereocenters. The number of fused-ring (bicyclic) bond motifs is 2. The SMILES string of the molecule is CCN1CCCC1CNC(=O)COc1ccc2nc3n(c(=O)c2c1)CCC3. The van der Waals surface area contributed by atoms with E-state index in [9.17, 15) is 9.59 Å². The minimum atomic E-state index is -0.137. The summed E-state index contributed by atoms with van der Waals surface area (Å²) >= 11 is 0. The maximum Gasteiger partial charge on any atom is 0.261 e. The number of aromatic nitrogens is 2. The molecule has 7 heteroatoms. The molecule has 7 nitrogen and oxygen atoms in total. The molecule has 1 saturated heterocycles. The number of nitrogens with one attached hydrogen (secondary N) is 1. The van der Waals surface area contributed by atoms with Gasteiger partial charge in [0, 0.05) is 25.6 Å². The molecule has 1 amide bonds. The second-order valence-corrected chi connectivity index (χ2v) is 7.28. The van der Waals surface area contributed by atoms with Crippen molar-refractivity contribution in [2.75, 3.05) is 26.2 Å². The van der Waals surface area contributed by atoms with Gasteiger partial charge < -0.3 is 10.1 Å². The number of nitrogens with zero attached hydrogens (tertiary/aromatic N) is 3. The van der Waals surface area contributed by atoms with Gasteiger partial charge in [-0.1, -0.05) is 6.92 Å². The zero-order valence-corrected chi connectivity index (χ0v) is 15.7. The lowest BCUT2D eigenvalue weighted by Crippen LogP contribution is -2.41. The van der Waals surface area contributed by atoms with Crippen LogP contribution in [0.4, 0.5) is 0 Å². The average molecular weight is 370 g/mol. The third kappa shape index (κ3) is 3.69. The number of hydrogen-bond donors (Lipinski definition) is 1. The maximum absolute atomic E-state index is 12.6. The van der Waals surface area contributed by atoms with Crippen LogP contribution in [0.3, 0.4) is 0 Å². The van der Waals surface area contributed by atoms with Crippen LogP contribution in [0.15, 0.2) is 23.0 Å². The Labute approximate surface area is 158 Å². The van der Waals surface area contributed by atoms with Gasteiger partial charge in [0.25, 0.3) is 11.5 Å². The van der Waals surface area contributed by atoms with Gasteiger partial charge in [-0.25, -0.2) is 4.98 Å². The van der Waals surface area contributed by atoms with Gasteiger partial charge in [0.1, 0.15) is 11.6 Å². The molecule has 2 aliphatic rings. The number of rotatable bonds is 6. The number of likely N-dealkylation sites (tertiary alicyclic amines) is 1. The number of ether oxygens (including phenoxy) is 1. The minimum absolute atomic E-state index is 0.0247. The number of hydrogen-bond acceptors (Lipinski definition) is 5. The summed E-state index contributed by atoms with van der Waals surface area (Å²) in [6.07, 6.45) is 4.12. The van der Waals surface area contributed by atoms with Crippen LogP contribution >= 0.6 is 0 Å². The molecule has 2 aliphatic heterocycles. The third-order valence-electron chi connectivity index (χ3n) is 5.60. The number of likely N-dealkylation sites (N-methyl/N-ethyl adjacent to an activating group) is 1. The zero-order chi connectivity index (χ0) is 18.8. The Kier molecular flexibility index (Phi) is 5.11. The number of amides is 1. The van der Waals surface area contributed by atoms with Crippen molar-refractivity contribution < 1.29 is 9.53 Å². The molecule has 0 radical (unpaired) electrons. The second-order valence-electron chi connectivity index (χ2n) is 7.28. The number of carbonyl (C=O) groups excluding carboxylic acids is 1. The van der Waals surface area contributed by atoms with Crippen LogP contribution in [-0.4, -0.2) is 52.6 Å². The molecule has 1 fully saturated rings. The van der Waals surface area contributed by atoms with Crippen LogP contribution in [0.2, 0.25) is 0 Å². The van der Waals surface area contributed by atoms with Crippen LogP contribution < -0.4 is 15.6 Å². The smallest absolute Gasteiger partial charge is 0.261 e. The fraction of sp³-hybridized carbons (Fsp3) is 0.550. The molecule has 4 rings (SSSR count). The van der Waals surface area contributed by atoms with Crippen molar-refractivity contribution in [1.29, 1.82) is 0 Å². The van der Waals surface area contributed by atoms with Crippen molar-refractivity contribution in [2.24, 2.45) is 0 Å². The van der Waals surface area contributed by atoms with Crippen LogP contribution in [0.5, 0.6) is 5.75 Å². The Morgan fingerprint density at radius 2 is 2.22 bits per heavy atom. The van der Waals surface area contributed by atoms with Crippen molar-refractivity contribution in [3.8, 4) is 5.75 Å². The van der Waals surface area contributed by atoms with Gasteiger partial charge in [-0.3, -0.25) is 19.1 Å². The van der Waals surface area contributed by atoms with Crippen molar-refractivity contribution in [1.82, 2.24) is 19.8 Å². The molecule has 0 bridgehead atoms. The highest BCUT2D eigenvalue weighted by Gasteiger charge is 2.23. The van der Waals surface area contributed by atoms with E-state index in [-0.39, 0.29) is 18.1 Å². The van der Waals surface area contributed by atoms with Crippen LogP contribution in [0.1, 0.15) is 32.0 Å². The lowest BCUT2D eigenvalue weighted by atomic mass is 10.2. The van der Waals surface area contributed by atoms with E-state index in [4.69, 9.17) is 4.74 Å². The molecule has 1 N–H and O–H groups in total. The lowest BCUT2D eigenvalue weighted by Gasteiger charge is -2.22. The maximum atomic E-state index is 12.6. The first-order chi connectivity index (χ1) is 13.2. The standard InChI is InChI=1S/C20H26N4O3/c1-2-23-9-3-5-14(23)12-21-19(25)13-27-15-7-8-17-16(11-15)20(26)24-10-4-6-18(24)22-17/h7-8,11,14H,2-6,9-10,12-13H2,1H3,(H,21,25). The van der Waals surface area contributed by atoms with E-state index < -0.39 is 0 Å². The summed E-state index contributed by atoms with van der Waals surface area (Å²) in [4.78, 5) is 31.7. The molecule has 27 heavy (non-hydrogen) atoms. The molecular weight excluding hydrogens is 344 g/mol. The highest BCUT2D eigenvalue weighted by Crippen LogP contribution is 2.20.